The van der Waals surface area contributed by atoms with Gasteiger partial charge in [-0.25, -0.2) is 9.67 Å². The van der Waals surface area contributed by atoms with Gasteiger partial charge in [0.15, 0.2) is 5.75 Å². The molecular weight excluding hydrogens is 338 g/mol. The summed E-state index contributed by atoms with van der Waals surface area (Å²) >= 11 is 0. The van der Waals surface area contributed by atoms with Crippen molar-refractivity contribution in [1.82, 2.24) is 19.2 Å². The summed E-state index contributed by atoms with van der Waals surface area (Å²) < 4.78 is 13.0. The third-order valence-corrected chi connectivity index (χ3v) is 4.16. The first-order valence-corrected chi connectivity index (χ1v) is 7.87. The van der Waals surface area contributed by atoms with Crippen molar-refractivity contribution in [2.45, 2.75) is 12.5 Å². The van der Waals surface area contributed by atoms with Crippen LogP contribution in [0.5, 0.6) is 5.75 Å². The summed E-state index contributed by atoms with van der Waals surface area (Å²) in [5.41, 5.74) is 7.86. The molecule has 0 fully saturated rings. The first kappa shape index (κ1) is 17.6. The van der Waals surface area contributed by atoms with Crippen molar-refractivity contribution in [2.75, 3.05) is 14.2 Å². The lowest BCUT2D eigenvalue weighted by Gasteiger charge is -2.14. The summed E-state index contributed by atoms with van der Waals surface area (Å²) in [6.45, 7) is 0. The number of carbonyl (C=O) groups is 1. The second-order valence-corrected chi connectivity index (χ2v) is 5.71. The lowest BCUT2D eigenvalue weighted by molar-refractivity contribution is -0.142. The predicted molar refractivity (Wildman–Crippen MR) is 93.9 cm³/mol. The molecule has 0 aliphatic carbocycles. The molecule has 0 saturated heterocycles. The number of esters is 1. The van der Waals surface area contributed by atoms with E-state index < -0.39 is 12.0 Å². The van der Waals surface area contributed by atoms with Gasteiger partial charge in [0.25, 0.3) is 5.56 Å². The minimum atomic E-state index is -0.792. The van der Waals surface area contributed by atoms with Crippen molar-refractivity contribution in [3.8, 4) is 16.9 Å². The van der Waals surface area contributed by atoms with E-state index in [1.54, 1.807) is 36.0 Å². The lowest BCUT2D eigenvalue weighted by Crippen LogP contribution is -2.34. The van der Waals surface area contributed by atoms with Crippen LogP contribution in [0.2, 0.25) is 0 Å². The molecule has 136 valence electrons. The summed E-state index contributed by atoms with van der Waals surface area (Å²) in [4.78, 5) is 28.6. The van der Waals surface area contributed by atoms with Crippen LogP contribution < -0.4 is 16.0 Å². The van der Waals surface area contributed by atoms with Crippen molar-refractivity contribution >= 4 is 11.6 Å². The highest BCUT2D eigenvalue weighted by Gasteiger charge is 2.20. The molecule has 0 unspecified atom stereocenters. The Bertz CT molecular complexity index is 1020. The molecule has 1 atom stereocenters. The van der Waals surface area contributed by atoms with E-state index in [1.165, 1.54) is 25.1 Å². The highest BCUT2D eigenvalue weighted by atomic mass is 16.5. The number of nitrogens with two attached hydrogens (primary N) is 1. The quantitative estimate of drug-likeness (QED) is 0.646. The van der Waals surface area contributed by atoms with E-state index in [0.29, 0.717) is 22.5 Å². The number of hydrogen-bond donors (Lipinski definition) is 1. The second kappa shape index (κ2) is 6.96. The van der Waals surface area contributed by atoms with Crippen LogP contribution in [0.25, 0.3) is 16.8 Å². The van der Waals surface area contributed by atoms with E-state index in [-0.39, 0.29) is 12.0 Å². The Morgan fingerprint density at radius 2 is 2.12 bits per heavy atom. The Balaban J connectivity index is 2.16. The highest BCUT2D eigenvalue weighted by Crippen LogP contribution is 2.29. The van der Waals surface area contributed by atoms with Gasteiger partial charge in [-0.2, -0.15) is 5.10 Å². The Labute approximate surface area is 149 Å². The van der Waals surface area contributed by atoms with Crippen LogP contribution in [0.1, 0.15) is 5.69 Å². The summed E-state index contributed by atoms with van der Waals surface area (Å²) in [6.07, 6.45) is 5.11. The van der Waals surface area contributed by atoms with Crippen LogP contribution in [0.3, 0.4) is 0 Å². The monoisotopic (exact) mass is 357 g/mol. The van der Waals surface area contributed by atoms with Gasteiger partial charge in [0.05, 0.1) is 26.0 Å². The molecule has 0 amide bonds. The van der Waals surface area contributed by atoms with Gasteiger partial charge in [-0.3, -0.25) is 9.59 Å². The maximum atomic E-state index is 12.6. The predicted octanol–water partition coefficient (Wildman–Crippen LogP) is 0.146. The fraction of sp³-hybridized carbons (Fsp3) is 0.294. The van der Waals surface area contributed by atoms with Gasteiger partial charge in [0.1, 0.15) is 11.7 Å². The molecule has 2 N–H and O–H groups in total. The number of imidazole rings is 1. The third kappa shape index (κ3) is 2.93. The highest BCUT2D eigenvalue weighted by molar-refractivity contribution is 5.81. The van der Waals surface area contributed by atoms with Gasteiger partial charge in [-0.05, 0) is 12.1 Å². The standard InChI is InChI=1S/C17H19N5O4/c1-21-16(23)14(13(25-2)9-20-21)11-5-4-10(8-12(18)17(24)26-3)22-7-6-19-15(11)22/h4-7,9,12H,8,18H2,1-3H3/t12-/m0/s1. The number of carbonyl (C=O) groups excluding carboxylic acids is 1. The van der Waals surface area contributed by atoms with Crippen LogP contribution in [-0.2, 0) is 23.0 Å². The molecule has 0 saturated carbocycles. The molecule has 0 bridgehead atoms. The lowest BCUT2D eigenvalue weighted by atomic mass is 10.1. The number of aromatic nitrogens is 4. The smallest absolute Gasteiger partial charge is 0.323 e. The average Bonchev–Trinajstić information content (AvgIpc) is 3.14. The van der Waals surface area contributed by atoms with Gasteiger partial charge in [-0.1, -0.05) is 0 Å². The van der Waals surface area contributed by atoms with Crippen LogP contribution >= 0.6 is 0 Å². The topological polar surface area (TPSA) is 114 Å². The minimum Gasteiger partial charge on any atom is -0.494 e. The Hall–Kier alpha value is -3.20. The molecule has 9 nitrogen and oxygen atoms in total. The molecule has 3 rings (SSSR count). The molecule has 0 aromatic carbocycles. The van der Waals surface area contributed by atoms with E-state index in [2.05, 4.69) is 14.8 Å². The third-order valence-electron chi connectivity index (χ3n) is 4.16. The first-order chi connectivity index (χ1) is 12.5. The van der Waals surface area contributed by atoms with E-state index >= 15 is 0 Å². The zero-order valence-electron chi connectivity index (χ0n) is 14.7. The van der Waals surface area contributed by atoms with E-state index in [4.69, 9.17) is 10.5 Å². The zero-order chi connectivity index (χ0) is 18.8. The van der Waals surface area contributed by atoms with Crippen LogP contribution in [0.15, 0.2) is 35.5 Å². The molecular formula is C17H19N5O4. The zero-order valence-corrected chi connectivity index (χ0v) is 14.7. The summed E-state index contributed by atoms with van der Waals surface area (Å²) in [6, 6.07) is 2.77. The number of aryl methyl sites for hydroxylation is 1. The molecule has 0 spiro atoms. The van der Waals surface area contributed by atoms with Gasteiger partial charge < -0.3 is 19.6 Å². The molecule has 0 radical (unpaired) electrons. The summed E-state index contributed by atoms with van der Waals surface area (Å²) in [5.74, 6) is -0.135. The van der Waals surface area contributed by atoms with Gasteiger partial charge >= 0.3 is 5.97 Å². The number of hydrogen-bond acceptors (Lipinski definition) is 7. The largest absolute Gasteiger partial charge is 0.494 e. The summed E-state index contributed by atoms with van der Waals surface area (Å²) in [7, 11) is 4.34. The Morgan fingerprint density at radius 3 is 2.81 bits per heavy atom. The number of fused-ring (bicyclic) bond motifs is 1. The number of ether oxygens (including phenoxy) is 2. The number of rotatable bonds is 5. The molecule has 0 aliphatic heterocycles. The maximum absolute atomic E-state index is 12.6. The fourth-order valence-corrected chi connectivity index (χ4v) is 2.82. The summed E-state index contributed by atoms with van der Waals surface area (Å²) in [5, 5.41) is 3.97. The Morgan fingerprint density at radius 1 is 1.35 bits per heavy atom. The van der Waals surface area contributed by atoms with Gasteiger partial charge in [0, 0.05) is 37.1 Å². The van der Waals surface area contributed by atoms with E-state index in [0.717, 1.165) is 5.69 Å². The van der Waals surface area contributed by atoms with Gasteiger partial charge in [-0.15, -0.1) is 0 Å². The number of nitrogens with zero attached hydrogens (tertiary/aromatic N) is 4. The van der Waals surface area contributed by atoms with Crippen molar-refractivity contribution in [3.05, 3.63) is 46.8 Å². The van der Waals surface area contributed by atoms with Crippen LogP contribution in [0, 0.1) is 0 Å². The molecule has 26 heavy (non-hydrogen) atoms. The second-order valence-electron chi connectivity index (χ2n) is 5.71. The molecule has 3 heterocycles. The van der Waals surface area contributed by atoms with Crippen LogP contribution in [-0.4, -0.2) is 45.4 Å². The van der Waals surface area contributed by atoms with Crippen molar-refractivity contribution in [1.29, 1.82) is 0 Å². The number of pyridine rings is 1. The maximum Gasteiger partial charge on any atom is 0.323 e. The fourth-order valence-electron chi connectivity index (χ4n) is 2.82. The van der Waals surface area contributed by atoms with E-state index in [9.17, 15) is 9.59 Å². The molecule has 3 aromatic heterocycles. The normalized spacial score (nSPS) is 12.2. The minimum absolute atomic E-state index is 0.269. The SMILES string of the molecule is COC(=O)[C@@H](N)Cc1ccc(-c2c(OC)cnn(C)c2=O)c2nccn12. The first-order valence-electron chi connectivity index (χ1n) is 7.87. The van der Waals surface area contributed by atoms with Crippen molar-refractivity contribution < 1.29 is 14.3 Å². The molecule has 3 aromatic rings. The van der Waals surface area contributed by atoms with E-state index in [1.807, 2.05) is 0 Å². The van der Waals surface area contributed by atoms with Crippen LogP contribution in [0.4, 0.5) is 0 Å². The molecule has 9 heteroatoms. The molecule has 0 aliphatic rings. The van der Waals surface area contributed by atoms with Gasteiger partial charge in [0.2, 0.25) is 0 Å². The Kier molecular flexibility index (Phi) is 4.72. The number of methoxy groups -OCH3 is 2. The van der Waals surface area contributed by atoms with Crippen molar-refractivity contribution in [2.24, 2.45) is 12.8 Å². The average molecular weight is 357 g/mol. The van der Waals surface area contributed by atoms with Crippen molar-refractivity contribution in [3.63, 3.8) is 0 Å².